The molecule has 0 unspecified atom stereocenters. The maximum Gasteiger partial charge on any atom is 0.230 e. The number of thioether (sulfide) groups is 1. The quantitative estimate of drug-likeness (QED) is 0.411. The van der Waals surface area contributed by atoms with Crippen LogP contribution in [-0.2, 0) is 26.8 Å². The van der Waals surface area contributed by atoms with Gasteiger partial charge in [-0.2, -0.15) is 5.10 Å². The van der Waals surface area contributed by atoms with Crippen molar-refractivity contribution in [2.24, 2.45) is 0 Å². The standard InChI is InChI=1S/C20H23N5O3S3/c1-13-17(14(2)25(24-13)16-8-9-31(27,28)12-16)10-18(26)21-19-22-23-20(30-19)29-11-15-6-4-3-5-7-15/h3-7,16H,8-12H2,1-2H3,(H,21,22,26)/t16-/m0/s1. The lowest BCUT2D eigenvalue weighted by Gasteiger charge is -2.11. The number of hydrogen-bond acceptors (Lipinski definition) is 8. The molecule has 0 bridgehead atoms. The minimum absolute atomic E-state index is 0.106. The zero-order chi connectivity index (χ0) is 22.0. The number of sulfone groups is 1. The van der Waals surface area contributed by atoms with Gasteiger partial charge in [-0.25, -0.2) is 8.42 Å². The summed E-state index contributed by atoms with van der Waals surface area (Å²) in [7, 11) is -3.00. The first-order chi connectivity index (χ1) is 14.8. The number of nitrogens with zero attached hydrogens (tertiary/aromatic N) is 4. The number of nitrogens with one attached hydrogen (secondary N) is 1. The molecule has 1 aliphatic heterocycles. The zero-order valence-electron chi connectivity index (χ0n) is 17.2. The highest BCUT2D eigenvalue weighted by molar-refractivity contribution is 8.00. The summed E-state index contributed by atoms with van der Waals surface area (Å²) in [6, 6.07) is 9.94. The summed E-state index contributed by atoms with van der Waals surface area (Å²) in [4.78, 5) is 12.6. The van der Waals surface area contributed by atoms with E-state index >= 15 is 0 Å². The van der Waals surface area contributed by atoms with Gasteiger partial charge >= 0.3 is 0 Å². The molecule has 164 valence electrons. The van der Waals surface area contributed by atoms with Crippen molar-refractivity contribution in [3.63, 3.8) is 0 Å². The first kappa shape index (κ1) is 22.0. The van der Waals surface area contributed by atoms with E-state index < -0.39 is 9.84 Å². The lowest BCUT2D eigenvalue weighted by molar-refractivity contribution is -0.115. The first-order valence-corrected chi connectivity index (χ1v) is 13.5. The number of amides is 1. The van der Waals surface area contributed by atoms with Gasteiger partial charge in [-0.05, 0) is 25.8 Å². The van der Waals surface area contributed by atoms with Crippen LogP contribution in [0.2, 0.25) is 0 Å². The fourth-order valence-corrected chi connectivity index (χ4v) is 7.05. The Morgan fingerprint density at radius 2 is 2.03 bits per heavy atom. The third-order valence-corrected chi connectivity index (χ3v) is 9.02. The van der Waals surface area contributed by atoms with Crippen molar-refractivity contribution in [2.45, 2.75) is 42.8 Å². The van der Waals surface area contributed by atoms with Crippen LogP contribution in [0.15, 0.2) is 34.7 Å². The predicted octanol–water partition coefficient (Wildman–Crippen LogP) is 3.18. The van der Waals surface area contributed by atoms with Crippen molar-refractivity contribution < 1.29 is 13.2 Å². The second-order valence-corrected chi connectivity index (χ2v) is 12.0. The molecule has 1 fully saturated rings. The first-order valence-electron chi connectivity index (χ1n) is 9.86. The van der Waals surface area contributed by atoms with Crippen LogP contribution in [0.3, 0.4) is 0 Å². The molecule has 31 heavy (non-hydrogen) atoms. The molecule has 0 spiro atoms. The number of anilines is 1. The molecule has 1 N–H and O–H groups in total. The van der Waals surface area contributed by atoms with E-state index in [1.54, 1.807) is 16.4 Å². The highest BCUT2D eigenvalue weighted by Gasteiger charge is 2.31. The normalized spacial score (nSPS) is 17.7. The van der Waals surface area contributed by atoms with Crippen LogP contribution in [0.4, 0.5) is 5.13 Å². The van der Waals surface area contributed by atoms with E-state index in [1.165, 1.54) is 16.9 Å². The van der Waals surface area contributed by atoms with Gasteiger partial charge in [0.05, 0.1) is 29.7 Å². The van der Waals surface area contributed by atoms with Gasteiger partial charge in [0.2, 0.25) is 11.0 Å². The molecule has 4 rings (SSSR count). The minimum Gasteiger partial charge on any atom is -0.300 e. The van der Waals surface area contributed by atoms with Gasteiger partial charge in [-0.3, -0.25) is 9.48 Å². The number of carbonyl (C=O) groups excluding carboxylic acids is 1. The summed E-state index contributed by atoms with van der Waals surface area (Å²) in [6.07, 6.45) is 0.716. The third kappa shape index (κ3) is 5.34. The Hall–Kier alpha value is -2.24. The van der Waals surface area contributed by atoms with Crippen molar-refractivity contribution in [3.8, 4) is 0 Å². The van der Waals surface area contributed by atoms with Gasteiger partial charge in [-0.15, -0.1) is 10.2 Å². The number of hydrogen-bond donors (Lipinski definition) is 1. The van der Waals surface area contributed by atoms with E-state index in [9.17, 15) is 13.2 Å². The second-order valence-electron chi connectivity index (χ2n) is 7.52. The number of aryl methyl sites for hydroxylation is 1. The van der Waals surface area contributed by atoms with Crippen LogP contribution in [0.25, 0.3) is 0 Å². The van der Waals surface area contributed by atoms with E-state index in [-0.39, 0.29) is 29.9 Å². The fourth-order valence-electron chi connectivity index (χ4n) is 3.64. The second kappa shape index (κ2) is 9.09. The Morgan fingerprint density at radius 1 is 1.26 bits per heavy atom. The summed E-state index contributed by atoms with van der Waals surface area (Å²) in [5.41, 5.74) is 3.61. The van der Waals surface area contributed by atoms with E-state index in [2.05, 4.69) is 32.7 Å². The number of aromatic nitrogens is 4. The molecule has 1 aromatic carbocycles. The highest BCUT2D eigenvalue weighted by Crippen LogP contribution is 2.29. The maximum absolute atomic E-state index is 12.6. The third-order valence-electron chi connectivity index (χ3n) is 5.22. The Labute approximate surface area is 189 Å². The van der Waals surface area contributed by atoms with Gasteiger partial charge in [0, 0.05) is 17.0 Å². The van der Waals surface area contributed by atoms with Gasteiger partial charge in [0.15, 0.2) is 14.2 Å². The summed E-state index contributed by atoms with van der Waals surface area (Å²) in [6.45, 7) is 3.73. The number of carbonyl (C=O) groups is 1. The largest absolute Gasteiger partial charge is 0.300 e. The number of benzene rings is 1. The van der Waals surface area contributed by atoms with Gasteiger partial charge in [0.25, 0.3) is 0 Å². The molecule has 1 atom stereocenters. The molecule has 1 saturated heterocycles. The van der Waals surface area contributed by atoms with Crippen LogP contribution in [-0.4, -0.2) is 45.8 Å². The van der Waals surface area contributed by atoms with Crippen molar-refractivity contribution in [1.82, 2.24) is 20.0 Å². The SMILES string of the molecule is Cc1nn([C@H]2CCS(=O)(=O)C2)c(C)c1CC(=O)Nc1nnc(SCc2ccccc2)s1. The minimum atomic E-state index is -3.00. The molecule has 11 heteroatoms. The monoisotopic (exact) mass is 477 g/mol. The Bertz CT molecular complexity index is 1190. The van der Waals surface area contributed by atoms with Crippen LogP contribution in [0, 0.1) is 13.8 Å². The van der Waals surface area contributed by atoms with Crippen LogP contribution in [0.1, 0.15) is 35.0 Å². The average molecular weight is 478 g/mol. The van der Waals surface area contributed by atoms with E-state index in [0.29, 0.717) is 11.6 Å². The lowest BCUT2D eigenvalue weighted by atomic mass is 10.1. The molecule has 1 amide bonds. The molecule has 0 aliphatic carbocycles. The Morgan fingerprint density at radius 3 is 2.74 bits per heavy atom. The molecule has 1 aliphatic rings. The van der Waals surface area contributed by atoms with Crippen molar-refractivity contribution in [1.29, 1.82) is 0 Å². The molecule has 8 nitrogen and oxygen atoms in total. The maximum atomic E-state index is 12.6. The summed E-state index contributed by atoms with van der Waals surface area (Å²) >= 11 is 2.92. The predicted molar refractivity (Wildman–Crippen MR) is 122 cm³/mol. The van der Waals surface area contributed by atoms with Crippen LogP contribution < -0.4 is 5.32 Å². The fraction of sp³-hybridized carbons (Fsp3) is 0.400. The lowest BCUT2D eigenvalue weighted by Crippen LogP contribution is -2.16. The van der Waals surface area contributed by atoms with Crippen molar-refractivity contribution in [2.75, 3.05) is 16.8 Å². The highest BCUT2D eigenvalue weighted by atomic mass is 32.2. The average Bonchev–Trinajstić information content (AvgIpc) is 3.41. The van der Waals surface area contributed by atoms with Gasteiger partial charge < -0.3 is 5.32 Å². The van der Waals surface area contributed by atoms with E-state index in [4.69, 9.17) is 0 Å². The molecule has 2 aromatic heterocycles. The summed E-state index contributed by atoms with van der Waals surface area (Å²) in [5.74, 6) is 0.890. The Balaban J connectivity index is 1.37. The van der Waals surface area contributed by atoms with Crippen molar-refractivity contribution in [3.05, 3.63) is 52.8 Å². The molecule has 0 saturated carbocycles. The molecular formula is C20H23N5O3S3. The molecule has 3 aromatic rings. The van der Waals surface area contributed by atoms with Crippen LogP contribution >= 0.6 is 23.1 Å². The number of rotatable bonds is 7. The molecular weight excluding hydrogens is 454 g/mol. The summed E-state index contributed by atoms with van der Waals surface area (Å²) < 4.78 is 26.2. The van der Waals surface area contributed by atoms with Crippen LogP contribution in [0.5, 0.6) is 0 Å². The van der Waals surface area contributed by atoms with Gasteiger partial charge in [0.1, 0.15) is 0 Å². The topological polar surface area (TPSA) is 107 Å². The zero-order valence-corrected chi connectivity index (χ0v) is 19.7. The van der Waals surface area contributed by atoms with Crippen molar-refractivity contribution >= 4 is 44.0 Å². The smallest absolute Gasteiger partial charge is 0.230 e. The van der Waals surface area contributed by atoms with E-state index in [0.717, 1.165) is 27.0 Å². The molecule has 3 heterocycles. The summed E-state index contributed by atoms with van der Waals surface area (Å²) in [5, 5.41) is 16.0. The molecule has 0 radical (unpaired) electrons. The van der Waals surface area contributed by atoms with E-state index in [1.807, 2.05) is 32.0 Å². The van der Waals surface area contributed by atoms with Gasteiger partial charge in [-0.1, -0.05) is 53.4 Å². The Kier molecular flexibility index (Phi) is 6.44.